The number of thiophene rings is 1. The van der Waals surface area contributed by atoms with Gasteiger partial charge in [0.2, 0.25) is 5.91 Å². The predicted molar refractivity (Wildman–Crippen MR) is 102 cm³/mol. The first kappa shape index (κ1) is 20.9. The van der Waals surface area contributed by atoms with Crippen LogP contribution in [0.25, 0.3) is 0 Å². The summed E-state index contributed by atoms with van der Waals surface area (Å²) in [5.41, 5.74) is 1.04. The lowest BCUT2D eigenvalue weighted by molar-refractivity contribution is -0.131. The van der Waals surface area contributed by atoms with Crippen LogP contribution in [0.3, 0.4) is 0 Å². The van der Waals surface area contributed by atoms with E-state index < -0.39 is 36.4 Å². The summed E-state index contributed by atoms with van der Waals surface area (Å²) in [4.78, 5) is 50.7. The normalized spacial score (nSPS) is 16.7. The van der Waals surface area contributed by atoms with Crippen molar-refractivity contribution in [2.24, 2.45) is 5.92 Å². The molecule has 1 aromatic rings. The smallest absolute Gasteiger partial charge is 0.341 e. The van der Waals surface area contributed by atoms with Gasteiger partial charge in [-0.1, -0.05) is 13.8 Å². The van der Waals surface area contributed by atoms with Crippen LogP contribution in [0.5, 0.6) is 0 Å². The lowest BCUT2D eigenvalue weighted by atomic mass is 10.0. The van der Waals surface area contributed by atoms with Gasteiger partial charge in [-0.2, -0.15) is 0 Å². The summed E-state index contributed by atoms with van der Waals surface area (Å²) >= 11 is 1.26. The number of imide groups is 1. The first-order chi connectivity index (χ1) is 12.6. The Labute approximate surface area is 162 Å². The number of carbonyl (C=O) groups excluding carboxylic acids is 4. The largest absolute Gasteiger partial charge is 0.462 e. The summed E-state index contributed by atoms with van der Waals surface area (Å²) in [6, 6.07) is -1.18. The molecule has 0 bridgehead atoms. The van der Waals surface area contributed by atoms with E-state index in [-0.39, 0.29) is 12.5 Å². The highest BCUT2D eigenvalue weighted by Gasteiger charge is 2.39. The van der Waals surface area contributed by atoms with E-state index in [1.54, 1.807) is 13.8 Å². The maximum atomic E-state index is 12.4. The third kappa shape index (κ3) is 4.65. The zero-order valence-corrected chi connectivity index (χ0v) is 17.0. The Hall–Kier alpha value is -2.42. The van der Waals surface area contributed by atoms with Gasteiger partial charge in [0, 0.05) is 4.88 Å². The number of hydrogen-bond donors (Lipinski definition) is 2. The second kappa shape index (κ2) is 8.51. The van der Waals surface area contributed by atoms with Crippen LogP contribution >= 0.6 is 11.3 Å². The number of esters is 1. The minimum absolute atomic E-state index is 0.222. The highest BCUT2D eigenvalue weighted by molar-refractivity contribution is 7.16. The molecule has 0 radical (unpaired) electrons. The summed E-state index contributed by atoms with van der Waals surface area (Å²) in [7, 11) is 0. The van der Waals surface area contributed by atoms with Crippen LogP contribution < -0.4 is 10.6 Å². The summed E-state index contributed by atoms with van der Waals surface area (Å²) in [6.45, 7) is 9.04. The molecule has 1 unspecified atom stereocenters. The molecule has 1 atom stereocenters. The van der Waals surface area contributed by atoms with E-state index in [1.807, 2.05) is 20.8 Å². The van der Waals surface area contributed by atoms with Gasteiger partial charge < -0.3 is 15.4 Å². The topological polar surface area (TPSA) is 105 Å². The molecule has 1 saturated heterocycles. The van der Waals surface area contributed by atoms with Gasteiger partial charge in [-0.05, 0) is 38.7 Å². The second-order valence-corrected chi connectivity index (χ2v) is 8.04. The Bertz CT molecular complexity index is 771. The number of urea groups is 1. The highest BCUT2D eigenvalue weighted by atomic mass is 32.1. The quantitative estimate of drug-likeness (QED) is 0.545. The summed E-state index contributed by atoms with van der Waals surface area (Å²) < 4.78 is 5.05. The first-order valence-electron chi connectivity index (χ1n) is 8.84. The van der Waals surface area contributed by atoms with Crippen LogP contribution in [-0.2, 0) is 14.3 Å². The molecule has 0 aliphatic carbocycles. The van der Waals surface area contributed by atoms with Crippen LogP contribution in [0.4, 0.5) is 9.80 Å². The van der Waals surface area contributed by atoms with Gasteiger partial charge in [-0.15, -0.1) is 11.3 Å². The number of anilines is 1. The van der Waals surface area contributed by atoms with Crippen LogP contribution in [-0.4, -0.2) is 47.9 Å². The van der Waals surface area contributed by atoms with Gasteiger partial charge >= 0.3 is 12.0 Å². The molecule has 4 amide bonds. The van der Waals surface area contributed by atoms with E-state index in [0.29, 0.717) is 17.0 Å². The number of carbonyl (C=O) groups is 4. The van der Waals surface area contributed by atoms with E-state index in [2.05, 4.69) is 10.6 Å². The molecule has 2 heterocycles. The van der Waals surface area contributed by atoms with E-state index in [1.165, 1.54) is 11.3 Å². The number of amides is 4. The van der Waals surface area contributed by atoms with Crippen molar-refractivity contribution in [3.8, 4) is 0 Å². The van der Waals surface area contributed by atoms with E-state index >= 15 is 0 Å². The first-order valence-corrected chi connectivity index (χ1v) is 9.66. The fraction of sp³-hybridized carbons (Fsp3) is 0.556. The van der Waals surface area contributed by atoms with Crippen molar-refractivity contribution in [3.05, 3.63) is 16.0 Å². The number of hydrogen-bond acceptors (Lipinski definition) is 6. The van der Waals surface area contributed by atoms with Crippen LogP contribution in [0.2, 0.25) is 0 Å². The van der Waals surface area contributed by atoms with Gasteiger partial charge in [-0.25, -0.2) is 9.59 Å². The Kier molecular flexibility index (Phi) is 6.59. The number of nitrogens with one attached hydrogen (secondary N) is 2. The lowest BCUT2D eigenvalue weighted by Gasteiger charge is -2.14. The summed E-state index contributed by atoms with van der Waals surface area (Å²) in [5.74, 6) is -1.23. The van der Waals surface area contributed by atoms with Gasteiger partial charge in [-0.3, -0.25) is 14.5 Å². The fourth-order valence-corrected chi connectivity index (χ4v) is 3.90. The monoisotopic (exact) mass is 395 g/mol. The van der Waals surface area contributed by atoms with E-state index in [0.717, 1.165) is 15.3 Å². The standard InChI is InChI=1S/C18H25N3O5S/c1-6-26-17(24)14-10(4)11(5)27-15(14)20-13(22)8-21-16(23)12(7-9(2)3)19-18(21)25/h9,12H,6-8H2,1-5H3,(H,19,25)(H,20,22). The Morgan fingerprint density at radius 1 is 1.30 bits per heavy atom. The molecule has 1 aliphatic rings. The third-order valence-corrected chi connectivity index (χ3v) is 5.36. The average Bonchev–Trinajstić information content (AvgIpc) is 2.98. The summed E-state index contributed by atoms with van der Waals surface area (Å²) in [5, 5.41) is 5.60. The molecule has 1 fully saturated rings. The van der Waals surface area contributed by atoms with E-state index in [4.69, 9.17) is 4.74 Å². The Morgan fingerprint density at radius 3 is 2.56 bits per heavy atom. The number of rotatable bonds is 7. The molecule has 2 rings (SSSR count). The second-order valence-electron chi connectivity index (χ2n) is 6.81. The molecular formula is C18H25N3O5S. The number of nitrogens with zero attached hydrogens (tertiary/aromatic N) is 1. The molecule has 0 saturated carbocycles. The molecule has 27 heavy (non-hydrogen) atoms. The van der Waals surface area contributed by atoms with Crippen molar-refractivity contribution in [1.29, 1.82) is 0 Å². The molecule has 1 aromatic heterocycles. The van der Waals surface area contributed by atoms with Gasteiger partial charge in [0.25, 0.3) is 5.91 Å². The van der Waals surface area contributed by atoms with Gasteiger partial charge in [0.1, 0.15) is 17.6 Å². The molecule has 0 spiro atoms. The Morgan fingerprint density at radius 2 is 1.96 bits per heavy atom. The Balaban J connectivity index is 2.10. The number of aryl methyl sites for hydroxylation is 1. The van der Waals surface area contributed by atoms with Crippen LogP contribution in [0.15, 0.2) is 0 Å². The lowest BCUT2D eigenvalue weighted by Crippen LogP contribution is -2.38. The van der Waals surface area contributed by atoms with Crippen molar-refractivity contribution >= 4 is 40.2 Å². The molecule has 0 aromatic carbocycles. The maximum absolute atomic E-state index is 12.4. The van der Waals surface area contributed by atoms with Crippen molar-refractivity contribution in [3.63, 3.8) is 0 Å². The fourth-order valence-electron chi connectivity index (χ4n) is 2.83. The van der Waals surface area contributed by atoms with Gasteiger partial charge in [0.05, 0.1) is 12.2 Å². The summed E-state index contributed by atoms with van der Waals surface area (Å²) in [6.07, 6.45) is 0.513. The molecule has 148 valence electrons. The molecule has 8 nitrogen and oxygen atoms in total. The average molecular weight is 395 g/mol. The molecule has 1 aliphatic heterocycles. The van der Waals surface area contributed by atoms with Crippen molar-refractivity contribution in [2.45, 2.75) is 47.1 Å². The molecule has 9 heteroatoms. The zero-order chi connectivity index (χ0) is 20.3. The van der Waals surface area contributed by atoms with Crippen molar-refractivity contribution in [1.82, 2.24) is 10.2 Å². The SMILES string of the molecule is CCOC(=O)c1c(NC(=O)CN2C(=O)NC(CC(C)C)C2=O)sc(C)c1C. The van der Waals surface area contributed by atoms with Crippen molar-refractivity contribution in [2.75, 3.05) is 18.5 Å². The maximum Gasteiger partial charge on any atom is 0.341 e. The number of ether oxygens (including phenoxy) is 1. The van der Waals surface area contributed by atoms with Crippen molar-refractivity contribution < 1.29 is 23.9 Å². The molecular weight excluding hydrogens is 370 g/mol. The van der Waals surface area contributed by atoms with Crippen LogP contribution in [0, 0.1) is 19.8 Å². The minimum atomic E-state index is -0.605. The molecule has 2 N–H and O–H groups in total. The van der Waals surface area contributed by atoms with Crippen LogP contribution in [0.1, 0.15) is 48.0 Å². The third-order valence-electron chi connectivity index (χ3n) is 4.23. The zero-order valence-electron chi connectivity index (χ0n) is 16.2. The van der Waals surface area contributed by atoms with Gasteiger partial charge in [0.15, 0.2) is 0 Å². The minimum Gasteiger partial charge on any atom is -0.462 e. The predicted octanol–water partition coefficient (Wildman–Crippen LogP) is 2.45. The highest BCUT2D eigenvalue weighted by Crippen LogP contribution is 2.33. The van der Waals surface area contributed by atoms with E-state index in [9.17, 15) is 19.2 Å².